The maximum atomic E-state index is 12.4. The molecule has 4 aromatic rings. The van der Waals surface area contributed by atoms with E-state index in [4.69, 9.17) is 0 Å². The number of benzene rings is 3. The maximum Gasteiger partial charge on any atom is 0.308 e. The number of carbonyl (C=O) groups excluding carboxylic acids is 1. The van der Waals surface area contributed by atoms with Crippen LogP contribution in [0.3, 0.4) is 0 Å². The van der Waals surface area contributed by atoms with Crippen molar-refractivity contribution in [2.75, 3.05) is 13.1 Å². The zero-order chi connectivity index (χ0) is 24.3. The van der Waals surface area contributed by atoms with Gasteiger partial charge in [0.05, 0.1) is 12.2 Å². The van der Waals surface area contributed by atoms with Gasteiger partial charge in [-0.15, -0.1) is 0 Å². The van der Waals surface area contributed by atoms with Crippen molar-refractivity contribution >= 4 is 11.9 Å². The molecule has 35 heavy (non-hydrogen) atoms. The Morgan fingerprint density at radius 3 is 1.86 bits per heavy atom. The molecule has 0 aliphatic carbocycles. The molecule has 1 aliphatic heterocycles. The molecule has 1 aromatic heterocycles. The molecule has 2 heterocycles. The quantitative estimate of drug-likeness (QED) is 0.396. The number of carboxylic acids is 1. The van der Waals surface area contributed by atoms with E-state index in [1.165, 1.54) is 0 Å². The van der Waals surface area contributed by atoms with Crippen LogP contribution in [0.1, 0.15) is 28.8 Å². The van der Waals surface area contributed by atoms with E-state index in [2.05, 4.69) is 45.9 Å². The molecule has 1 amide bonds. The molecule has 1 atom stereocenters. The SMILES string of the molecule is O=C(O)C1CC(=O)N(CCc2cncn2C(c2ccccc2)(c2ccccc2)c2ccccc2)C1. The van der Waals surface area contributed by atoms with Gasteiger partial charge in [0.25, 0.3) is 0 Å². The van der Waals surface area contributed by atoms with Crippen LogP contribution in [0.15, 0.2) is 104 Å². The molecule has 6 heteroatoms. The number of hydrogen-bond acceptors (Lipinski definition) is 3. The van der Waals surface area contributed by atoms with Gasteiger partial charge in [0.1, 0.15) is 5.54 Å². The number of carbonyl (C=O) groups is 2. The molecule has 3 aromatic carbocycles. The molecular weight excluding hydrogens is 438 g/mol. The summed E-state index contributed by atoms with van der Waals surface area (Å²) in [6.45, 7) is 0.701. The summed E-state index contributed by atoms with van der Waals surface area (Å²) < 4.78 is 2.20. The molecule has 1 unspecified atom stereocenters. The topological polar surface area (TPSA) is 75.4 Å². The van der Waals surface area contributed by atoms with Crippen molar-refractivity contribution in [1.29, 1.82) is 0 Å². The number of hydrogen-bond donors (Lipinski definition) is 1. The van der Waals surface area contributed by atoms with E-state index in [1.807, 2.05) is 67.1 Å². The lowest BCUT2D eigenvalue weighted by molar-refractivity contribution is -0.141. The Labute approximate surface area is 204 Å². The Morgan fingerprint density at radius 1 is 0.886 bits per heavy atom. The smallest absolute Gasteiger partial charge is 0.308 e. The zero-order valence-electron chi connectivity index (χ0n) is 19.3. The first-order chi connectivity index (χ1) is 17.1. The third-order valence-corrected chi connectivity index (χ3v) is 6.85. The van der Waals surface area contributed by atoms with Gasteiger partial charge in [-0.1, -0.05) is 91.0 Å². The molecule has 0 spiro atoms. The largest absolute Gasteiger partial charge is 0.481 e. The van der Waals surface area contributed by atoms with Crippen molar-refractivity contribution in [2.24, 2.45) is 5.92 Å². The third kappa shape index (κ3) is 4.12. The minimum absolute atomic E-state index is 0.0661. The molecule has 6 nitrogen and oxygen atoms in total. The number of likely N-dealkylation sites (tertiary alicyclic amines) is 1. The lowest BCUT2D eigenvalue weighted by Gasteiger charge is -2.38. The summed E-state index contributed by atoms with van der Waals surface area (Å²) in [7, 11) is 0. The lowest BCUT2D eigenvalue weighted by Crippen LogP contribution is -2.39. The van der Waals surface area contributed by atoms with Crippen molar-refractivity contribution in [1.82, 2.24) is 14.5 Å². The molecule has 0 saturated carbocycles. The molecule has 1 fully saturated rings. The van der Waals surface area contributed by atoms with E-state index in [0.29, 0.717) is 13.0 Å². The Balaban J connectivity index is 1.61. The van der Waals surface area contributed by atoms with Crippen LogP contribution in [0, 0.1) is 5.92 Å². The van der Waals surface area contributed by atoms with Crippen LogP contribution in [0.25, 0.3) is 0 Å². The Morgan fingerprint density at radius 2 is 1.40 bits per heavy atom. The molecular formula is C29H27N3O3. The van der Waals surface area contributed by atoms with E-state index in [0.717, 1.165) is 22.4 Å². The van der Waals surface area contributed by atoms with E-state index in [9.17, 15) is 14.7 Å². The first-order valence-corrected chi connectivity index (χ1v) is 11.8. The van der Waals surface area contributed by atoms with E-state index >= 15 is 0 Å². The Bertz CT molecular complexity index is 1210. The van der Waals surface area contributed by atoms with Gasteiger partial charge in [0.2, 0.25) is 5.91 Å². The van der Waals surface area contributed by atoms with Gasteiger partial charge in [0, 0.05) is 37.8 Å². The van der Waals surface area contributed by atoms with Crippen molar-refractivity contribution in [2.45, 2.75) is 18.4 Å². The van der Waals surface area contributed by atoms with Crippen LogP contribution in [-0.2, 0) is 21.5 Å². The standard InChI is InChI=1S/C29H27N3O3/c33-27-18-22(28(34)35)20-31(27)17-16-26-19-30-21-32(26)29(23-10-4-1-5-11-23,24-12-6-2-7-13-24)25-14-8-3-9-15-25/h1-15,19,21-22H,16-18,20H2,(H,34,35). The summed E-state index contributed by atoms with van der Waals surface area (Å²) in [5, 5.41) is 9.34. The van der Waals surface area contributed by atoms with Gasteiger partial charge in [0.15, 0.2) is 0 Å². The number of aliphatic carboxylic acids is 1. The van der Waals surface area contributed by atoms with E-state index in [-0.39, 0.29) is 18.9 Å². The number of imidazole rings is 1. The van der Waals surface area contributed by atoms with Crippen LogP contribution < -0.4 is 0 Å². The molecule has 5 rings (SSSR count). The lowest BCUT2D eigenvalue weighted by atomic mass is 9.76. The second-order valence-electron chi connectivity index (χ2n) is 8.89. The van der Waals surface area contributed by atoms with Gasteiger partial charge in [-0.2, -0.15) is 0 Å². The second-order valence-corrected chi connectivity index (χ2v) is 8.89. The van der Waals surface area contributed by atoms with Crippen LogP contribution in [0.2, 0.25) is 0 Å². The number of rotatable bonds is 8. The number of nitrogens with zero attached hydrogens (tertiary/aromatic N) is 3. The van der Waals surface area contributed by atoms with Crippen molar-refractivity contribution in [3.63, 3.8) is 0 Å². The highest BCUT2D eigenvalue weighted by Crippen LogP contribution is 2.41. The highest BCUT2D eigenvalue weighted by atomic mass is 16.4. The zero-order valence-corrected chi connectivity index (χ0v) is 19.3. The van der Waals surface area contributed by atoms with Gasteiger partial charge < -0.3 is 14.6 Å². The molecule has 1 aliphatic rings. The molecule has 1 saturated heterocycles. The predicted molar refractivity (Wildman–Crippen MR) is 133 cm³/mol. The first kappa shape index (κ1) is 22.6. The monoisotopic (exact) mass is 465 g/mol. The summed E-state index contributed by atoms with van der Waals surface area (Å²) in [6, 6.07) is 31.1. The summed E-state index contributed by atoms with van der Waals surface area (Å²) in [5.41, 5.74) is 3.58. The number of aromatic nitrogens is 2. The molecule has 0 radical (unpaired) electrons. The fourth-order valence-electron chi connectivity index (χ4n) is 5.17. The predicted octanol–water partition coefficient (Wildman–Crippen LogP) is 4.20. The van der Waals surface area contributed by atoms with Crippen LogP contribution >= 0.6 is 0 Å². The van der Waals surface area contributed by atoms with Gasteiger partial charge >= 0.3 is 5.97 Å². The van der Waals surface area contributed by atoms with E-state index < -0.39 is 17.4 Å². The van der Waals surface area contributed by atoms with Crippen molar-refractivity contribution in [3.05, 3.63) is 126 Å². The summed E-state index contributed by atoms with van der Waals surface area (Å²) in [5.74, 6) is -1.66. The van der Waals surface area contributed by atoms with Gasteiger partial charge in [-0.05, 0) is 16.7 Å². The number of amides is 1. The molecule has 176 valence electrons. The second kappa shape index (κ2) is 9.58. The average molecular weight is 466 g/mol. The fourth-order valence-corrected chi connectivity index (χ4v) is 5.17. The Kier molecular flexibility index (Phi) is 6.19. The average Bonchev–Trinajstić information content (AvgIpc) is 3.52. The normalized spacial score (nSPS) is 15.9. The summed E-state index contributed by atoms with van der Waals surface area (Å²) in [4.78, 5) is 30.0. The van der Waals surface area contributed by atoms with Crippen molar-refractivity contribution < 1.29 is 14.7 Å². The van der Waals surface area contributed by atoms with E-state index in [1.54, 1.807) is 4.90 Å². The van der Waals surface area contributed by atoms with Gasteiger partial charge in [-0.25, -0.2) is 4.98 Å². The van der Waals surface area contributed by atoms with Gasteiger partial charge in [-0.3, -0.25) is 9.59 Å². The summed E-state index contributed by atoms with van der Waals surface area (Å²) >= 11 is 0. The molecule has 0 bridgehead atoms. The van der Waals surface area contributed by atoms with Crippen LogP contribution in [0.5, 0.6) is 0 Å². The van der Waals surface area contributed by atoms with Crippen molar-refractivity contribution in [3.8, 4) is 0 Å². The van der Waals surface area contributed by atoms with Crippen LogP contribution in [0.4, 0.5) is 0 Å². The minimum Gasteiger partial charge on any atom is -0.481 e. The maximum absolute atomic E-state index is 12.4. The first-order valence-electron chi connectivity index (χ1n) is 11.8. The summed E-state index contributed by atoms with van der Waals surface area (Å²) in [6.07, 6.45) is 4.33. The molecule has 1 N–H and O–H groups in total. The fraction of sp³-hybridized carbons (Fsp3) is 0.207. The highest BCUT2D eigenvalue weighted by molar-refractivity contribution is 5.86. The highest BCUT2D eigenvalue weighted by Gasteiger charge is 2.40. The minimum atomic E-state index is -0.915. The Hall–Kier alpha value is -4.19. The third-order valence-electron chi connectivity index (χ3n) is 6.85. The van der Waals surface area contributed by atoms with Crippen LogP contribution in [-0.4, -0.2) is 44.5 Å². The number of carboxylic acid groups (broad SMARTS) is 1.